The highest BCUT2D eigenvalue weighted by molar-refractivity contribution is 5.95. The maximum absolute atomic E-state index is 13.4. The van der Waals surface area contributed by atoms with Crippen molar-refractivity contribution in [3.63, 3.8) is 0 Å². The van der Waals surface area contributed by atoms with Gasteiger partial charge in [0.05, 0.1) is 0 Å². The van der Waals surface area contributed by atoms with Crippen LogP contribution < -0.4 is 10.2 Å². The van der Waals surface area contributed by atoms with E-state index in [1.54, 1.807) is 6.92 Å². The summed E-state index contributed by atoms with van der Waals surface area (Å²) in [6.07, 6.45) is 0. The van der Waals surface area contributed by atoms with Gasteiger partial charge in [-0.1, -0.05) is 48.0 Å². The van der Waals surface area contributed by atoms with Crippen LogP contribution in [0.25, 0.3) is 0 Å². The van der Waals surface area contributed by atoms with Gasteiger partial charge in [-0.05, 0) is 55.8 Å². The Bertz CT molecular complexity index is 1050. The van der Waals surface area contributed by atoms with E-state index in [0.717, 1.165) is 54.2 Å². The first-order chi connectivity index (χ1) is 15.5. The van der Waals surface area contributed by atoms with Gasteiger partial charge in [-0.15, -0.1) is 0 Å². The molecule has 0 spiro atoms. The van der Waals surface area contributed by atoms with Gasteiger partial charge >= 0.3 is 0 Å². The fraction of sp³-hybridized carbons (Fsp3) is 0.259. The quantitative estimate of drug-likeness (QED) is 0.580. The molecule has 0 radical (unpaired) electrons. The van der Waals surface area contributed by atoms with Crippen molar-refractivity contribution in [2.75, 3.05) is 36.4 Å². The van der Waals surface area contributed by atoms with Gasteiger partial charge in [-0.25, -0.2) is 0 Å². The van der Waals surface area contributed by atoms with Crippen LogP contribution in [0.1, 0.15) is 34.5 Å². The first-order valence-electron chi connectivity index (χ1n) is 11.0. The molecule has 0 aromatic heterocycles. The third-order valence-electron chi connectivity index (χ3n) is 6.00. The molecule has 1 fully saturated rings. The zero-order valence-electron chi connectivity index (χ0n) is 18.6. The van der Waals surface area contributed by atoms with Crippen molar-refractivity contribution >= 4 is 23.1 Å². The van der Waals surface area contributed by atoms with Crippen molar-refractivity contribution in [3.05, 3.63) is 95.6 Å². The Kier molecular flexibility index (Phi) is 6.66. The number of piperazine rings is 1. The van der Waals surface area contributed by atoms with E-state index in [-0.39, 0.29) is 17.7 Å². The van der Waals surface area contributed by atoms with Crippen molar-refractivity contribution in [1.82, 2.24) is 4.90 Å². The van der Waals surface area contributed by atoms with Crippen molar-refractivity contribution in [2.45, 2.75) is 19.9 Å². The fourth-order valence-electron chi connectivity index (χ4n) is 4.16. The highest BCUT2D eigenvalue weighted by Crippen LogP contribution is 2.26. The molecule has 1 aliphatic rings. The summed E-state index contributed by atoms with van der Waals surface area (Å²) in [5.41, 5.74) is 4.80. The number of hydrogen-bond acceptors (Lipinski definition) is 4. The molecule has 1 atom stereocenters. The van der Waals surface area contributed by atoms with E-state index in [0.29, 0.717) is 0 Å². The SMILES string of the molecule is CC(=O)c1ccc(N2CCN([C@H](C(=O)Nc3ccc(C)cc3)c3ccccc3)CC2)cc1. The van der Waals surface area contributed by atoms with Crippen molar-refractivity contribution in [3.8, 4) is 0 Å². The van der Waals surface area contributed by atoms with Crippen molar-refractivity contribution in [1.29, 1.82) is 0 Å². The van der Waals surface area contributed by atoms with E-state index in [4.69, 9.17) is 0 Å². The largest absolute Gasteiger partial charge is 0.369 e. The standard InChI is InChI=1S/C27H29N3O2/c1-20-8-12-24(13-9-20)28-27(32)26(23-6-4-3-5-7-23)30-18-16-29(17-19-30)25-14-10-22(11-15-25)21(2)31/h3-15,26H,16-19H2,1-2H3,(H,28,32)/t26-/m0/s1. The first kappa shape index (κ1) is 21.8. The summed E-state index contributed by atoms with van der Waals surface area (Å²) < 4.78 is 0. The lowest BCUT2D eigenvalue weighted by atomic mass is 10.0. The summed E-state index contributed by atoms with van der Waals surface area (Å²) in [4.78, 5) is 29.4. The normalized spacial score (nSPS) is 15.2. The molecule has 164 valence electrons. The van der Waals surface area contributed by atoms with Gasteiger partial charge in [-0.2, -0.15) is 0 Å². The third-order valence-corrected chi connectivity index (χ3v) is 6.00. The zero-order valence-corrected chi connectivity index (χ0v) is 18.6. The summed E-state index contributed by atoms with van der Waals surface area (Å²) in [5.74, 6) is 0.0611. The second kappa shape index (κ2) is 9.79. The molecule has 0 aliphatic carbocycles. The lowest BCUT2D eigenvalue weighted by Crippen LogP contribution is -2.50. The van der Waals surface area contributed by atoms with Gasteiger partial charge in [0.25, 0.3) is 0 Å². The number of aryl methyl sites for hydroxylation is 1. The number of rotatable bonds is 6. The molecule has 0 saturated carbocycles. The van der Waals surface area contributed by atoms with Crippen LogP contribution in [0, 0.1) is 6.92 Å². The maximum atomic E-state index is 13.4. The van der Waals surface area contributed by atoms with Gasteiger partial charge in [0.2, 0.25) is 5.91 Å². The molecule has 4 rings (SSSR count). The van der Waals surface area contributed by atoms with Gasteiger partial charge in [0.1, 0.15) is 6.04 Å². The Labute approximate surface area is 189 Å². The van der Waals surface area contributed by atoms with Gasteiger partial charge in [-0.3, -0.25) is 14.5 Å². The van der Waals surface area contributed by atoms with Crippen molar-refractivity contribution in [2.24, 2.45) is 0 Å². The molecule has 1 amide bonds. The minimum absolute atomic E-state index is 0.0145. The Morgan fingerprint density at radius 2 is 1.44 bits per heavy atom. The third kappa shape index (κ3) is 5.06. The molecule has 32 heavy (non-hydrogen) atoms. The lowest BCUT2D eigenvalue weighted by Gasteiger charge is -2.39. The van der Waals surface area contributed by atoms with E-state index >= 15 is 0 Å². The van der Waals surface area contributed by atoms with E-state index < -0.39 is 0 Å². The molecule has 1 N–H and O–H groups in total. The van der Waals surface area contributed by atoms with Crippen LogP contribution in [0.15, 0.2) is 78.9 Å². The lowest BCUT2D eigenvalue weighted by molar-refractivity contribution is -0.121. The van der Waals surface area contributed by atoms with Crippen LogP contribution in [0.2, 0.25) is 0 Å². The summed E-state index contributed by atoms with van der Waals surface area (Å²) in [6.45, 7) is 6.80. The minimum atomic E-state index is -0.347. The monoisotopic (exact) mass is 427 g/mol. The number of carbonyl (C=O) groups excluding carboxylic acids is 2. The Morgan fingerprint density at radius 3 is 2.03 bits per heavy atom. The number of nitrogens with one attached hydrogen (secondary N) is 1. The summed E-state index contributed by atoms with van der Waals surface area (Å²) in [7, 11) is 0. The maximum Gasteiger partial charge on any atom is 0.246 e. The van der Waals surface area contributed by atoms with E-state index in [2.05, 4.69) is 15.1 Å². The highest BCUT2D eigenvalue weighted by Gasteiger charge is 2.30. The predicted octanol–water partition coefficient (Wildman–Crippen LogP) is 4.70. The molecule has 1 aliphatic heterocycles. The van der Waals surface area contributed by atoms with Crippen LogP contribution in [0.5, 0.6) is 0 Å². The predicted molar refractivity (Wildman–Crippen MR) is 129 cm³/mol. The molecular formula is C27H29N3O2. The number of carbonyl (C=O) groups is 2. The first-order valence-corrected chi connectivity index (χ1v) is 11.0. The second-order valence-electron chi connectivity index (χ2n) is 8.29. The van der Waals surface area contributed by atoms with Crippen molar-refractivity contribution < 1.29 is 9.59 Å². The number of anilines is 2. The fourth-order valence-corrected chi connectivity index (χ4v) is 4.16. The summed E-state index contributed by atoms with van der Waals surface area (Å²) in [5, 5.41) is 3.10. The Morgan fingerprint density at radius 1 is 0.812 bits per heavy atom. The van der Waals surface area contributed by atoms with Gasteiger partial charge in [0, 0.05) is 43.1 Å². The highest BCUT2D eigenvalue weighted by atomic mass is 16.2. The molecule has 3 aromatic carbocycles. The summed E-state index contributed by atoms with van der Waals surface area (Å²) in [6, 6.07) is 25.3. The molecule has 5 heteroatoms. The molecule has 3 aromatic rings. The summed E-state index contributed by atoms with van der Waals surface area (Å²) >= 11 is 0. The Hall–Kier alpha value is -3.44. The number of amides is 1. The number of benzene rings is 3. The number of ketones is 1. The minimum Gasteiger partial charge on any atom is -0.369 e. The topological polar surface area (TPSA) is 52.7 Å². The van der Waals surface area contributed by atoms with Gasteiger partial charge in [0.15, 0.2) is 5.78 Å². The average molecular weight is 428 g/mol. The van der Waals surface area contributed by atoms with Crippen LogP contribution in [0.4, 0.5) is 11.4 Å². The number of Topliss-reactive ketones (excluding diaryl/α,β-unsaturated/α-hetero) is 1. The average Bonchev–Trinajstić information content (AvgIpc) is 2.82. The second-order valence-corrected chi connectivity index (χ2v) is 8.29. The molecule has 1 heterocycles. The molecule has 5 nitrogen and oxygen atoms in total. The zero-order chi connectivity index (χ0) is 22.5. The van der Waals surface area contributed by atoms with Gasteiger partial charge < -0.3 is 10.2 Å². The number of hydrogen-bond donors (Lipinski definition) is 1. The van der Waals surface area contributed by atoms with Crippen LogP contribution in [0.3, 0.4) is 0 Å². The molecular weight excluding hydrogens is 398 g/mol. The van der Waals surface area contributed by atoms with E-state index in [1.807, 2.05) is 85.8 Å². The smallest absolute Gasteiger partial charge is 0.246 e. The van der Waals surface area contributed by atoms with E-state index in [1.165, 1.54) is 0 Å². The van der Waals surface area contributed by atoms with Crippen LogP contribution >= 0.6 is 0 Å². The van der Waals surface area contributed by atoms with Crippen LogP contribution in [-0.2, 0) is 4.79 Å². The van der Waals surface area contributed by atoms with Crippen LogP contribution in [-0.4, -0.2) is 42.8 Å². The number of nitrogens with zero attached hydrogens (tertiary/aromatic N) is 2. The molecule has 0 unspecified atom stereocenters. The Balaban J connectivity index is 1.48. The molecule has 0 bridgehead atoms. The van der Waals surface area contributed by atoms with E-state index in [9.17, 15) is 9.59 Å². The molecule has 1 saturated heterocycles.